The van der Waals surface area contributed by atoms with Gasteiger partial charge in [0.25, 0.3) is 0 Å². The molecule has 0 aliphatic heterocycles. The zero-order chi connectivity index (χ0) is 19.1. The van der Waals surface area contributed by atoms with E-state index in [-0.39, 0.29) is 0 Å². The summed E-state index contributed by atoms with van der Waals surface area (Å²) in [6.07, 6.45) is 16.8. The summed E-state index contributed by atoms with van der Waals surface area (Å²) in [5.74, 6) is 0. The van der Waals surface area contributed by atoms with Crippen LogP contribution in [0.2, 0.25) is 0 Å². The van der Waals surface area contributed by atoms with E-state index in [0.29, 0.717) is 23.8 Å². The highest BCUT2D eigenvalue weighted by Crippen LogP contribution is 2.35. The van der Waals surface area contributed by atoms with E-state index in [9.17, 15) is 8.42 Å². The number of hydrogen-bond donors (Lipinski definition) is 2. The van der Waals surface area contributed by atoms with Crippen LogP contribution in [0.25, 0.3) is 11.0 Å². The van der Waals surface area contributed by atoms with Gasteiger partial charge in [0.1, 0.15) is 4.75 Å². The highest BCUT2D eigenvalue weighted by Gasteiger charge is 2.39. The molecule has 2 heterocycles. The molecule has 1 atom stereocenters. The molecular weight excluding hydrogens is 360 g/mol. The number of pyridine rings is 1. The number of aromatic nitrogens is 2. The van der Waals surface area contributed by atoms with Gasteiger partial charge in [-0.3, -0.25) is 0 Å². The fourth-order valence-electron chi connectivity index (χ4n) is 4.01. The largest absolute Gasteiger partial charge is 0.396 e. The molecule has 2 aliphatic carbocycles. The van der Waals surface area contributed by atoms with E-state index in [0.717, 1.165) is 23.9 Å². The van der Waals surface area contributed by atoms with Crippen LogP contribution in [0, 0.1) is 0 Å². The van der Waals surface area contributed by atoms with Crippen molar-refractivity contribution in [2.45, 2.75) is 56.2 Å². The van der Waals surface area contributed by atoms with Gasteiger partial charge in [0.2, 0.25) is 10.0 Å². The van der Waals surface area contributed by atoms with E-state index in [1.807, 2.05) is 12.2 Å². The third-order valence-electron chi connectivity index (χ3n) is 5.73. The molecule has 0 amide bonds. The molecule has 1 unspecified atom stereocenters. The standard InChI is InChI=1S/C20H26N4O2S/c1-20(11-6-3-7-12-20)27(25,26)24-13-10-16-18(17(21)14-22-19(16)24)23-15-8-4-2-5-9-15/h3,6-7,10-11,13-15H,2,4-5,8-9,12,21H2,1H3,(H,22,23). The van der Waals surface area contributed by atoms with Crippen LogP contribution in [0.4, 0.5) is 11.4 Å². The lowest BCUT2D eigenvalue weighted by molar-refractivity contribution is 0.463. The number of nitrogens with two attached hydrogens (primary N) is 1. The smallest absolute Gasteiger partial charge is 0.249 e. The number of fused-ring (bicyclic) bond motifs is 1. The molecule has 7 heteroatoms. The Morgan fingerprint density at radius 3 is 2.74 bits per heavy atom. The summed E-state index contributed by atoms with van der Waals surface area (Å²) in [6.45, 7) is 1.74. The van der Waals surface area contributed by atoms with Crippen molar-refractivity contribution in [1.29, 1.82) is 0 Å². The highest BCUT2D eigenvalue weighted by molar-refractivity contribution is 7.91. The number of anilines is 2. The Kier molecular flexibility index (Phi) is 4.50. The summed E-state index contributed by atoms with van der Waals surface area (Å²) in [5, 5.41) is 4.30. The molecular formula is C20H26N4O2S. The second-order valence-electron chi connectivity index (χ2n) is 7.73. The molecule has 2 aromatic heterocycles. The summed E-state index contributed by atoms with van der Waals surface area (Å²) in [4.78, 5) is 4.36. The van der Waals surface area contributed by atoms with Gasteiger partial charge in [-0.2, -0.15) is 0 Å². The van der Waals surface area contributed by atoms with E-state index in [1.54, 1.807) is 37.5 Å². The number of nitrogens with one attached hydrogen (secondary N) is 1. The van der Waals surface area contributed by atoms with Gasteiger partial charge >= 0.3 is 0 Å². The SMILES string of the molecule is CC1(S(=O)(=O)n2ccc3c(NC4CCCCC4)c(N)cnc32)C=CC=CC1. The predicted octanol–water partition coefficient (Wildman–Crippen LogP) is 3.82. The normalized spacial score (nSPS) is 23.7. The van der Waals surface area contributed by atoms with Crippen LogP contribution in [0.15, 0.2) is 42.8 Å². The topological polar surface area (TPSA) is 90.0 Å². The molecule has 0 aromatic carbocycles. The average molecular weight is 387 g/mol. The summed E-state index contributed by atoms with van der Waals surface area (Å²) < 4.78 is 27.0. The summed E-state index contributed by atoms with van der Waals surface area (Å²) >= 11 is 0. The van der Waals surface area contributed by atoms with Gasteiger partial charge in [-0.1, -0.05) is 43.6 Å². The molecule has 3 N–H and O–H groups in total. The second kappa shape index (κ2) is 6.71. The molecule has 1 saturated carbocycles. The molecule has 0 radical (unpaired) electrons. The van der Waals surface area contributed by atoms with Crippen molar-refractivity contribution in [2.75, 3.05) is 11.1 Å². The Morgan fingerprint density at radius 1 is 1.26 bits per heavy atom. The van der Waals surface area contributed by atoms with Gasteiger partial charge in [0.05, 0.1) is 17.6 Å². The fourth-order valence-corrected chi connectivity index (χ4v) is 5.61. The zero-order valence-electron chi connectivity index (χ0n) is 15.6. The molecule has 0 bridgehead atoms. The maximum absolute atomic E-state index is 13.4. The van der Waals surface area contributed by atoms with Crippen molar-refractivity contribution in [3.05, 3.63) is 42.8 Å². The lowest BCUT2D eigenvalue weighted by atomic mass is 9.95. The number of allylic oxidation sites excluding steroid dienone is 3. The first-order chi connectivity index (χ1) is 12.9. The Bertz CT molecular complexity index is 1020. The van der Waals surface area contributed by atoms with Crippen LogP contribution in [-0.2, 0) is 10.0 Å². The molecule has 0 saturated heterocycles. The van der Waals surface area contributed by atoms with Gasteiger partial charge in [-0.25, -0.2) is 17.4 Å². The molecule has 0 spiro atoms. The van der Waals surface area contributed by atoms with E-state index < -0.39 is 14.8 Å². The molecule has 2 aliphatic rings. The van der Waals surface area contributed by atoms with E-state index >= 15 is 0 Å². The maximum atomic E-state index is 13.4. The summed E-state index contributed by atoms with van der Waals surface area (Å²) in [7, 11) is -3.66. The minimum atomic E-state index is -3.66. The first-order valence-corrected chi connectivity index (χ1v) is 11.0. The first kappa shape index (κ1) is 18.1. The van der Waals surface area contributed by atoms with Crippen LogP contribution < -0.4 is 11.1 Å². The van der Waals surface area contributed by atoms with Crippen molar-refractivity contribution in [3.63, 3.8) is 0 Å². The number of rotatable bonds is 4. The van der Waals surface area contributed by atoms with Crippen molar-refractivity contribution >= 4 is 32.4 Å². The first-order valence-electron chi connectivity index (χ1n) is 9.54. The maximum Gasteiger partial charge on any atom is 0.249 e. The number of nitrogens with zero attached hydrogens (tertiary/aromatic N) is 2. The molecule has 1 fully saturated rings. The molecule has 144 valence electrons. The lowest BCUT2D eigenvalue weighted by Gasteiger charge is -2.27. The molecule has 2 aromatic rings. The Labute approximate surface area is 160 Å². The van der Waals surface area contributed by atoms with Crippen LogP contribution in [0.1, 0.15) is 45.4 Å². The quantitative estimate of drug-likeness (QED) is 0.834. The average Bonchev–Trinajstić information content (AvgIpc) is 3.10. The van der Waals surface area contributed by atoms with Gasteiger partial charge in [0.15, 0.2) is 5.65 Å². The zero-order valence-corrected chi connectivity index (χ0v) is 16.4. The molecule has 27 heavy (non-hydrogen) atoms. The number of nitrogen functional groups attached to an aromatic ring is 1. The summed E-state index contributed by atoms with van der Waals surface area (Å²) in [6, 6.07) is 2.17. The van der Waals surface area contributed by atoms with E-state index in [2.05, 4.69) is 10.3 Å². The molecule has 4 rings (SSSR count). The van der Waals surface area contributed by atoms with Crippen molar-refractivity contribution in [1.82, 2.24) is 8.96 Å². The van der Waals surface area contributed by atoms with Crippen LogP contribution in [0.5, 0.6) is 0 Å². The monoisotopic (exact) mass is 386 g/mol. The summed E-state index contributed by atoms with van der Waals surface area (Å²) in [5.41, 5.74) is 7.96. The van der Waals surface area contributed by atoms with Gasteiger partial charge in [0, 0.05) is 17.6 Å². The van der Waals surface area contributed by atoms with E-state index in [1.165, 1.54) is 23.2 Å². The van der Waals surface area contributed by atoms with Gasteiger partial charge < -0.3 is 11.1 Å². The minimum absolute atomic E-state index is 0.371. The minimum Gasteiger partial charge on any atom is -0.396 e. The van der Waals surface area contributed by atoms with Crippen LogP contribution >= 0.6 is 0 Å². The van der Waals surface area contributed by atoms with Crippen molar-refractivity contribution in [3.8, 4) is 0 Å². The third kappa shape index (κ3) is 3.04. The molecule has 6 nitrogen and oxygen atoms in total. The van der Waals surface area contributed by atoms with Gasteiger partial charge in [-0.05, 0) is 32.3 Å². The lowest BCUT2D eigenvalue weighted by Crippen LogP contribution is -2.37. The second-order valence-corrected chi connectivity index (χ2v) is 10.0. The Morgan fingerprint density at radius 2 is 2.04 bits per heavy atom. The predicted molar refractivity (Wildman–Crippen MR) is 110 cm³/mol. The third-order valence-corrected chi connectivity index (χ3v) is 8.03. The van der Waals surface area contributed by atoms with E-state index in [4.69, 9.17) is 5.73 Å². The fraction of sp³-hybridized carbons (Fsp3) is 0.450. The Balaban J connectivity index is 1.77. The number of hydrogen-bond acceptors (Lipinski definition) is 5. The Hall–Kier alpha value is -2.28. The van der Waals surface area contributed by atoms with Crippen molar-refractivity contribution < 1.29 is 8.42 Å². The van der Waals surface area contributed by atoms with Crippen LogP contribution in [0.3, 0.4) is 0 Å². The van der Waals surface area contributed by atoms with Crippen molar-refractivity contribution in [2.24, 2.45) is 0 Å². The van der Waals surface area contributed by atoms with Crippen LogP contribution in [-0.4, -0.2) is 28.2 Å². The highest BCUT2D eigenvalue weighted by atomic mass is 32.2. The van der Waals surface area contributed by atoms with Gasteiger partial charge in [-0.15, -0.1) is 0 Å².